The third kappa shape index (κ3) is 2.96. The summed E-state index contributed by atoms with van der Waals surface area (Å²) in [6.07, 6.45) is 4.55. The molecule has 3 N–H and O–H groups in total. The van der Waals surface area contributed by atoms with Crippen LogP contribution in [0.5, 0.6) is 0 Å². The number of amides is 1. The van der Waals surface area contributed by atoms with Crippen LogP contribution in [0, 0.1) is 12.8 Å². The van der Waals surface area contributed by atoms with Crippen LogP contribution in [-0.2, 0) is 16.0 Å². The van der Waals surface area contributed by atoms with Gasteiger partial charge in [-0.05, 0) is 50.2 Å². The molecule has 3 rings (SSSR count). The van der Waals surface area contributed by atoms with Gasteiger partial charge in [0.2, 0.25) is 5.91 Å². The highest BCUT2D eigenvalue weighted by atomic mass is 16.4. The smallest absolute Gasteiger partial charge is 0.329 e. The molecular formula is C18H22N2O3. The number of benzene rings is 1. The number of nitrogens with one attached hydrogen (secondary N) is 2. The predicted octanol–water partition coefficient (Wildman–Crippen LogP) is 2.78. The quantitative estimate of drug-likeness (QED) is 0.767. The van der Waals surface area contributed by atoms with Gasteiger partial charge in [-0.25, -0.2) is 4.79 Å². The number of aryl methyl sites for hydroxylation is 2. The van der Waals surface area contributed by atoms with Crippen molar-refractivity contribution < 1.29 is 14.7 Å². The summed E-state index contributed by atoms with van der Waals surface area (Å²) in [5.74, 6) is -1.10. The third-order valence-electron chi connectivity index (χ3n) is 4.87. The van der Waals surface area contributed by atoms with Crippen molar-refractivity contribution in [2.45, 2.75) is 45.1 Å². The van der Waals surface area contributed by atoms with Crippen molar-refractivity contribution >= 4 is 22.8 Å². The third-order valence-corrected chi connectivity index (χ3v) is 4.87. The molecule has 0 unspecified atom stereocenters. The topological polar surface area (TPSA) is 82.2 Å². The molecule has 1 aromatic heterocycles. The molecule has 122 valence electrons. The summed E-state index contributed by atoms with van der Waals surface area (Å²) in [5.41, 5.74) is 2.22. The first-order valence-corrected chi connectivity index (χ1v) is 8.02. The van der Waals surface area contributed by atoms with E-state index in [2.05, 4.69) is 10.3 Å². The predicted molar refractivity (Wildman–Crippen MR) is 88.3 cm³/mol. The second kappa shape index (κ2) is 5.72. The van der Waals surface area contributed by atoms with Gasteiger partial charge in [0.15, 0.2) is 0 Å². The maximum absolute atomic E-state index is 12.2. The zero-order valence-electron chi connectivity index (χ0n) is 13.5. The van der Waals surface area contributed by atoms with E-state index in [1.807, 2.05) is 31.3 Å². The summed E-state index contributed by atoms with van der Waals surface area (Å²) in [5, 5.41) is 13.3. The van der Waals surface area contributed by atoms with Gasteiger partial charge in [0, 0.05) is 23.5 Å². The van der Waals surface area contributed by atoms with Crippen LogP contribution in [0.2, 0.25) is 0 Å². The first-order valence-electron chi connectivity index (χ1n) is 8.02. The number of para-hydroxylation sites is 1. The van der Waals surface area contributed by atoms with E-state index in [0.29, 0.717) is 6.42 Å². The van der Waals surface area contributed by atoms with Crippen LogP contribution >= 0.6 is 0 Å². The maximum Gasteiger partial charge on any atom is 0.329 e. The molecule has 0 radical (unpaired) electrons. The van der Waals surface area contributed by atoms with E-state index in [4.69, 9.17) is 0 Å². The lowest BCUT2D eigenvalue weighted by Gasteiger charge is -2.26. The van der Waals surface area contributed by atoms with Crippen molar-refractivity contribution in [2.75, 3.05) is 0 Å². The largest absolute Gasteiger partial charge is 0.480 e. The molecule has 1 atom stereocenters. The molecule has 5 nitrogen and oxygen atoms in total. The van der Waals surface area contributed by atoms with Crippen molar-refractivity contribution in [3.63, 3.8) is 0 Å². The monoisotopic (exact) mass is 314 g/mol. The minimum Gasteiger partial charge on any atom is -0.480 e. The molecule has 1 heterocycles. The van der Waals surface area contributed by atoms with E-state index in [-0.39, 0.29) is 18.2 Å². The Bertz CT molecular complexity index is 761. The van der Waals surface area contributed by atoms with E-state index < -0.39 is 11.5 Å². The first-order chi connectivity index (χ1) is 10.9. The number of aliphatic carboxylic acids is 1. The fourth-order valence-corrected chi connectivity index (χ4v) is 3.16. The number of carbonyl (C=O) groups excluding carboxylic acids is 1. The number of aromatic nitrogens is 1. The second-order valence-corrected chi connectivity index (χ2v) is 6.64. The number of carboxylic acids is 1. The van der Waals surface area contributed by atoms with Crippen LogP contribution in [-0.4, -0.2) is 27.5 Å². The lowest BCUT2D eigenvalue weighted by Crippen LogP contribution is -2.54. The highest BCUT2D eigenvalue weighted by Crippen LogP contribution is 2.39. The minimum atomic E-state index is -1.13. The Morgan fingerprint density at radius 2 is 2.13 bits per heavy atom. The fourth-order valence-electron chi connectivity index (χ4n) is 3.16. The molecule has 0 saturated heterocycles. The summed E-state index contributed by atoms with van der Waals surface area (Å²) < 4.78 is 0. The van der Waals surface area contributed by atoms with E-state index in [0.717, 1.165) is 29.3 Å². The average Bonchev–Trinajstić information content (AvgIpc) is 3.27. The Balaban J connectivity index is 1.66. The van der Waals surface area contributed by atoms with Gasteiger partial charge in [0.25, 0.3) is 0 Å². The molecule has 0 spiro atoms. The summed E-state index contributed by atoms with van der Waals surface area (Å²) >= 11 is 0. The number of fused-ring (bicyclic) bond motifs is 1. The number of carbonyl (C=O) groups is 2. The van der Waals surface area contributed by atoms with E-state index in [1.54, 1.807) is 6.92 Å². The van der Waals surface area contributed by atoms with Crippen LogP contribution in [0.15, 0.2) is 24.4 Å². The second-order valence-electron chi connectivity index (χ2n) is 6.64. The summed E-state index contributed by atoms with van der Waals surface area (Å²) in [4.78, 5) is 26.9. The molecule has 1 aliphatic rings. The number of hydrogen-bond donors (Lipinski definition) is 3. The van der Waals surface area contributed by atoms with Gasteiger partial charge in [0.05, 0.1) is 0 Å². The molecular weight excluding hydrogens is 292 g/mol. The maximum atomic E-state index is 12.2. The zero-order chi connectivity index (χ0) is 16.6. The van der Waals surface area contributed by atoms with Crippen LogP contribution in [0.4, 0.5) is 0 Å². The van der Waals surface area contributed by atoms with E-state index in [1.165, 1.54) is 5.56 Å². The molecule has 1 amide bonds. The summed E-state index contributed by atoms with van der Waals surface area (Å²) in [6, 6.07) is 6.09. The Kier molecular flexibility index (Phi) is 3.88. The van der Waals surface area contributed by atoms with Crippen LogP contribution < -0.4 is 5.32 Å². The SMILES string of the molecule is Cc1cccc2c(CCC(=O)N[C@@](C)(C(=O)O)C3CC3)c[nH]c12. The Morgan fingerprint density at radius 1 is 1.39 bits per heavy atom. The van der Waals surface area contributed by atoms with E-state index >= 15 is 0 Å². The molecule has 0 bridgehead atoms. The number of carboxylic acid groups (broad SMARTS) is 1. The van der Waals surface area contributed by atoms with Crippen molar-refractivity contribution in [3.05, 3.63) is 35.5 Å². The Labute approximate surface area is 135 Å². The summed E-state index contributed by atoms with van der Waals surface area (Å²) in [7, 11) is 0. The molecule has 1 fully saturated rings. The van der Waals surface area contributed by atoms with Gasteiger partial charge in [-0.1, -0.05) is 18.2 Å². The van der Waals surface area contributed by atoms with Crippen LogP contribution in [0.1, 0.15) is 37.3 Å². The molecule has 23 heavy (non-hydrogen) atoms. The van der Waals surface area contributed by atoms with Gasteiger partial charge in [0.1, 0.15) is 5.54 Å². The van der Waals surface area contributed by atoms with Crippen LogP contribution in [0.3, 0.4) is 0 Å². The Hall–Kier alpha value is -2.30. The lowest BCUT2D eigenvalue weighted by molar-refractivity contribution is -0.147. The molecule has 1 aromatic carbocycles. The number of hydrogen-bond acceptors (Lipinski definition) is 2. The highest BCUT2D eigenvalue weighted by Gasteiger charge is 2.48. The normalized spacial score (nSPS) is 17.0. The van der Waals surface area contributed by atoms with Crippen molar-refractivity contribution in [2.24, 2.45) is 5.92 Å². The number of rotatable bonds is 6. The molecule has 1 aliphatic carbocycles. The standard InChI is InChI=1S/C18H22N2O3/c1-11-4-3-5-14-12(10-19-16(11)14)6-9-15(21)20-18(2,17(22)23)13-7-8-13/h3-5,10,13,19H,6-9H2,1-2H3,(H,20,21)(H,22,23)/t18-/m1/s1. The van der Waals surface area contributed by atoms with Crippen molar-refractivity contribution in [1.82, 2.24) is 10.3 Å². The minimum absolute atomic E-state index is 0.0553. The number of H-pyrrole nitrogens is 1. The lowest BCUT2D eigenvalue weighted by atomic mass is 9.95. The van der Waals surface area contributed by atoms with Gasteiger partial charge in [-0.3, -0.25) is 4.79 Å². The Morgan fingerprint density at radius 3 is 2.78 bits per heavy atom. The van der Waals surface area contributed by atoms with Gasteiger partial charge in [-0.2, -0.15) is 0 Å². The first kappa shape index (κ1) is 15.6. The fraction of sp³-hybridized carbons (Fsp3) is 0.444. The average molecular weight is 314 g/mol. The van der Waals surface area contributed by atoms with Crippen LogP contribution in [0.25, 0.3) is 10.9 Å². The van der Waals surface area contributed by atoms with Gasteiger partial charge in [-0.15, -0.1) is 0 Å². The molecule has 2 aromatic rings. The number of aromatic amines is 1. The highest BCUT2D eigenvalue weighted by molar-refractivity contribution is 5.89. The molecule has 0 aliphatic heterocycles. The molecule has 1 saturated carbocycles. The molecule has 5 heteroatoms. The zero-order valence-corrected chi connectivity index (χ0v) is 13.5. The van der Waals surface area contributed by atoms with Gasteiger partial charge < -0.3 is 15.4 Å². The van der Waals surface area contributed by atoms with Gasteiger partial charge >= 0.3 is 5.97 Å². The summed E-state index contributed by atoms with van der Waals surface area (Å²) in [6.45, 7) is 3.66. The van der Waals surface area contributed by atoms with E-state index in [9.17, 15) is 14.7 Å². The van der Waals surface area contributed by atoms with Crippen molar-refractivity contribution in [3.8, 4) is 0 Å². The van der Waals surface area contributed by atoms with Crippen molar-refractivity contribution in [1.29, 1.82) is 0 Å².